The van der Waals surface area contributed by atoms with Gasteiger partial charge < -0.3 is 14.9 Å². The lowest BCUT2D eigenvalue weighted by Gasteiger charge is -2.35. The summed E-state index contributed by atoms with van der Waals surface area (Å²) < 4.78 is 0. The topological polar surface area (TPSA) is 77.9 Å². The van der Waals surface area contributed by atoms with E-state index in [0.717, 1.165) is 11.1 Å². The summed E-state index contributed by atoms with van der Waals surface area (Å²) in [6.45, 7) is 4.37. The largest absolute Gasteiger partial charge is 0.391 e. The van der Waals surface area contributed by atoms with E-state index in [9.17, 15) is 19.5 Å². The first-order valence-electron chi connectivity index (χ1n) is 14.3. The number of aliphatic hydroxyl groups excluding tert-OH is 1. The van der Waals surface area contributed by atoms with E-state index in [4.69, 9.17) is 0 Å². The molecule has 2 heterocycles. The fraction of sp³-hybridized carbons (Fsp3) is 0.531. The Bertz CT molecular complexity index is 1170. The van der Waals surface area contributed by atoms with Crippen LogP contribution in [0.15, 0.2) is 48.5 Å². The van der Waals surface area contributed by atoms with Crippen molar-refractivity contribution >= 4 is 17.6 Å². The number of β-amino-alcohol motifs (C(OH)–C–C–N with tert-alkyl or cyclic N) is 1. The molecule has 0 bridgehead atoms. The third-order valence-corrected chi connectivity index (χ3v) is 8.72. The Morgan fingerprint density at radius 3 is 2.39 bits per heavy atom. The van der Waals surface area contributed by atoms with Crippen LogP contribution in [0.2, 0.25) is 0 Å². The molecule has 0 spiro atoms. The number of hydrogen-bond donors (Lipinski definition) is 1. The van der Waals surface area contributed by atoms with Crippen molar-refractivity contribution < 1.29 is 19.5 Å². The quantitative estimate of drug-likeness (QED) is 0.543. The number of benzene rings is 2. The second-order valence-electron chi connectivity index (χ2n) is 11.7. The minimum absolute atomic E-state index is 0.0233. The van der Waals surface area contributed by atoms with E-state index in [1.165, 1.54) is 37.7 Å². The first kappa shape index (κ1) is 26.6. The molecule has 1 aliphatic carbocycles. The van der Waals surface area contributed by atoms with Crippen LogP contribution >= 0.6 is 0 Å². The van der Waals surface area contributed by atoms with Gasteiger partial charge in [0.05, 0.1) is 12.1 Å². The van der Waals surface area contributed by atoms with Gasteiger partial charge in [0, 0.05) is 31.5 Å². The molecule has 202 valence electrons. The average Bonchev–Trinajstić information content (AvgIpc) is 3.48. The highest BCUT2D eigenvalue weighted by Gasteiger charge is 2.45. The van der Waals surface area contributed by atoms with Crippen LogP contribution in [0.25, 0.3) is 0 Å². The third kappa shape index (κ3) is 5.42. The molecule has 38 heavy (non-hydrogen) atoms. The molecule has 5 rings (SSSR count). The molecule has 1 saturated heterocycles. The summed E-state index contributed by atoms with van der Waals surface area (Å²) in [6.07, 6.45) is 6.94. The lowest BCUT2D eigenvalue weighted by molar-refractivity contribution is -0.142. The van der Waals surface area contributed by atoms with Gasteiger partial charge in [-0.2, -0.15) is 0 Å². The second kappa shape index (κ2) is 11.4. The zero-order valence-electron chi connectivity index (χ0n) is 22.6. The molecular formula is C32H40N2O4. The Labute approximate surface area is 226 Å². The molecule has 0 radical (unpaired) electrons. The summed E-state index contributed by atoms with van der Waals surface area (Å²) in [5.41, 5.74) is 4.07. The molecule has 6 heteroatoms. The van der Waals surface area contributed by atoms with E-state index in [-0.39, 0.29) is 36.5 Å². The number of amides is 2. The van der Waals surface area contributed by atoms with Crippen LogP contribution < -0.4 is 0 Å². The van der Waals surface area contributed by atoms with E-state index < -0.39 is 18.2 Å². The number of rotatable bonds is 8. The number of ketones is 1. The van der Waals surface area contributed by atoms with Crippen molar-refractivity contribution in [3.63, 3.8) is 0 Å². The fourth-order valence-electron chi connectivity index (χ4n) is 6.64. The number of Topliss-reactive ketones (excluding diaryl/α,β-unsaturated/α-hetero) is 1. The molecule has 1 N–H and O–H groups in total. The third-order valence-electron chi connectivity index (χ3n) is 8.72. The molecule has 2 fully saturated rings. The molecule has 6 nitrogen and oxygen atoms in total. The summed E-state index contributed by atoms with van der Waals surface area (Å²) in [5, 5.41) is 10.5. The normalized spacial score (nSPS) is 22.7. The number of nitrogens with zero attached hydrogens (tertiary/aromatic N) is 2. The van der Waals surface area contributed by atoms with E-state index in [1.54, 1.807) is 15.9 Å². The molecule has 2 aromatic rings. The number of fused-ring (bicyclic) bond motifs is 1. The SMILES string of the molecule is CC(C)[C@@H](C(=O)N1C[C@H](O)C[C@H]1C(=O)CCc1ccc(C2CCCCC2)cc1)N1Cc2ccccc2C1=O. The van der Waals surface area contributed by atoms with Crippen LogP contribution in [0.1, 0.15) is 91.8 Å². The van der Waals surface area contributed by atoms with Gasteiger partial charge >= 0.3 is 0 Å². The molecule has 2 aromatic carbocycles. The summed E-state index contributed by atoms with van der Waals surface area (Å²) in [6, 6.07) is 14.8. The number of aryl methyl sites for hydroxylation is 1. The summed E-state index contributed by atoms with van der Waals surface area (Å²) in [4.78, 5) is 43.6. The second-order valence-corrected chi connectivity index (χ2v) is 11.7. The van der Waals surface area contributed by atoms with Crippen molar-refractivity contribution in [1.29, 1.82) is 0 Å². The average molecular weight is 517 g/mol. The molecule has 0 aromatic heterocycles. The predicted molar refractivity (Wildman–Crippen MR) is 147 cm³/mol. The molecular weight excluding hydrogens is 476 g/mol. The van der Waals surface area contributed by atoms with Crippen molar-refractivity contribution in [1.82, 2.24) is 9.80 Å². The summed E-state index contributed by atoms with van der Waals surface area (Å²) in [7, 11) is 0. The summed E-state index contributed by atoms with van der Waals surface area (Å²) in [5.74, 6) is 0.115. The van der Waals surface area contributed by atoms with Gasteiger partial charge in [0.1, 0.15) is 6.04 Å². The maximum atomic E-state index is 13.9. The molecule has 2 aliphatic heterocycles. The van der Waals surface area contributed by atoms with Crippen molar-refractivity contribution in [3.8, 4) is 0 Å². The van der Waals surface area contributed by atoms with Crippen molar-refractivity contribution in [2.24, 2.45) is 5.92 Å². The van der Waals surface area contributed by atoms with Gasteiger partial charge in [-0.25, -0.2) is 0 Å². The lowest BCUT2D eigenvalue weighted by atomic mass is 9.84. The molecule has 0 unspecified atom stereocenters. The van der Waals surface area contributed by atoms with E-state index in [1.807, 2.05) is 32.0 Å². The van der Waals surface area contributed by atoms with Crippen LogP contribution in [0.3, 0.4) is 0 Å². The van der Waals surface area contributed by atoms with Gasteiger partial charge in [0.15, 0.2) is 5.78 Å². The monoisotopic (exact) mass is 516 g/mol. The Morgan fingerprint density at radius 2 is 1.71 bits per heavy atom. The minimum atomic E-state index is -0.734. The fourth-order valence-corrected chi connectivity index (χ4v) is 6.64. The Hall–Kier alpha value is -2.99. The Kier molecular flexibility index (Phi) is 7.98. The van der Waals surface area contributed by atoms with Gasteiger partial charge in [-0.05, 0) is 53.9 Å². The van der Waals surface area contributed by atoms with Gasteiger partial charge in [-0.1, -0.05) is 75.6 Å². The van der Waals surface area contributed by atoms with Gasteiger partial charge in [0.2, 0.25) is 5.91 Å². The van der Waals surface area contributed by atoms with Crippen LogP contribution in [0, 0.1) is 5.92 Å². The molecule has 1 saturated carbocycles. The standard InChI is InChI=1S/C32H40N2O4/c1-21(2)30(34-19-25-10-6-7-11-27(25)31(34)37)32(38)33-20-26(35)18-28(33)29(36)17-14-22-12-15-24(16-13-22)23-8-4-3-5-9-23/h6-7,10-13,15-16,21,23,26,28,30,35H,3-5,8-9,14,17-20H2,1-2H3/t26-,28+,30+/m1/s1. The van der Waals surface area contributed by atoms with Crippen LogP contribution in [-0.4, -0.2) is 57.2 Å². The van der Waals surface area contributed by atoms with E-state index in [0.29, 0.717) is 30.9 Å². The van der Waals surface area contributed by atoms with Gasteiger partial charge in [-0.3, -0.25) is 14.4 Å². The number of aliphatic hydroxyl groups is 1. The molecule has 2 amide bonds. The first-order valence-corrected chi connectivity index (χ1v) is 14.3. The maximum absolute atomic E-state index is 13.9. The van der Waals surface area contributed by atoms with Crippen molar-refractivity contribution in [2.45, 2.75) is 95.9 Å². The number of carbonyl (C=O) groups excluding carboxylic acids is 3. The Morgan fingerprint density at radius 1 is 1.00 bits per heavy atom. The number of likely N-dealkylation sites (tertiary alicyclic amines) is 1. The summed E-state index contributed by atoms with van der Waals surface area (Å²) >= 11 is 0. The molecule has 3 atom stereocenters. The minimum Gasteiger partial charge on any atom is -0.391 e. The van der Waals surface area contributed by atoms with E-state index >= 15 is 0 Å². The first-order chi connectivity index (χ1) is 18.3. The van der Waals surface area contributed by atoms with Crippen LogP contribution in [0.5, 0.6) is 0 Å². The zero-order chi connectivity index (χ0) is 26.8. The highest BCUT2D eigenvalue weighted by Crippen LogP contribution is 2.33. The molecule has 3 aliphatic rings. The smallest absolute Gasteiger partial charge is 0.255 e. The highest BCUT2D eigenvalue weighted by atomic mass is 16.3. The Balaban J connectivity index is 1.24. The van der Waals surface area contributed by atoms with E-state index in [2.05, 4.69) is 24.3 Å². The predicted octanol–water partition coefficient (Wildman–Crippen LogP) is 4.88. The van der Waals surface area contributed by atoms with Gasteiger partial charge in [-0.15, -0.1) is 0 Å². The van der Waals surface area contributed by atoms with Crippen LogP contribution in [0.4, 0.5) is 0 Å². The maximum Gasteiger partial charge on any atom is 0.255 e. The zero-order valence-corrected chi connectivity index (χ0v) is 22.6. The lowest BCUT2D eigenvalue weighted by Crippen LogP contribution is -2.54. The number of carbonyl (C=O) groups is 3. The highest BCUT2D eigenvalue weighted by molar-refractivity contribution is 6.01. The number of hydrogen-bond acceptors (Lipinski definition) is 4. The van der Waals surface area contributed by atoms with Crippen LogP contribution in [-0.2, 0) is 22.6 Å². The van der Waals surface area contributed by atoms with Crippen molar-refractivity contribution in [2.75, 3.05) is 6.54 Å². The van der Waals surface area contributed by atoms with Gasteiger partial charge in [0.25, 0.3) is 5.91 Å². The van der Waals surface area contributed by atoms with Crippen molar-refractivity contribution in [3.05, 3.63) is 70.8 Å².